The summed E-state index contributed by atoms with van der Waals surface area (Å²) in [5.41, 5.74) is 13.9. The van der Waals surface area contributed by atoms with Crippen molar-refractivity contribution in [2.45, 2.75) is 38.8 Å². The summed E-state index contributed by atoms with van der Waals surface area (Å²) in [7, 11) is 3.00. The number of aryl methyl sites for hydroxylation is 2. The number of amides is 3. The predicted molar refractivity (Wildman–Crippen MR) is 152 cm³/mol. The molecule has 5 N–H and O–H groups in total. The molecule has 0 bridgehead atoms. The molecule has 212 valence electrons. The van der Waals surface area contributed by atoms with E-state index in [-0.39, 0.29) is 28.9 Å². The Balaban J connectivity index is 1.89. The quantitative estimate of drug-likeness (QED) is 0.337. The van der Waals surface area contributed by atoms with Crippen LogP contribution in [-0.2, 0) is 9.53 Å². The van der Waals surface area contributed by atoms with Crippen LogP contribution in [0.3, 0.4) is 0 Å². The number of aromatic nitrogens is 1. The van der Waals surface area contributed by atoms with Crippen molar-refractivity contribution in [1.29, 1.82) is 0 Å². The number of rotatable bonds is 10. The van der Waals surface area contributed by atoms with Gasteiger partial charge >= 0.3 is 0 Å². The third-order valence-corrected chi connectivity index (χ3v) is 7.47. The van der Waals surface area contributed by atoms with Gasteiger partial charge in [-0.3, -0.25) is 19.3 Å². The number of hydrogen-bond donors (Lipinski definition) is 3. The second-order valence-electron chi connectivity index (χ2n) is 9.56. The summed E-state index contributed by atoms with van der Waals surface area (Å²) in [6.07, 6.45) is 1.63. The molecule has 11 nitrogen and oxygen atoms in total. The molecule has 0 aliphatic carbocycles. The molecule has 0 saturated carbocycles. The van der Waals surface area contributed by atoms with Gasteiger partial charge in [0.25, 0.3) is 11.8 Å². The number of nitrogens with zero attached hydrogens (tertiary/aromatic N) is 2. The van der Waals surface area contributed by atoms with Crippen LogP contribution in [0.1, 0.15) is 55.7 Å². The molecule has 2 atom stereocenters. The first-order chi connectivity index (χ1) is 19.1. The summed E-state index contributed by atoms with van der Waals surface area (Å²) in [5.74, 6) is -1.05. The maximum atomic E-state index is 14.3. The van der Waals surface area contributed by atoms with E-state index in [1.54, 1.807) is 30.3 Å². The lowest BCUT2D eigenvalue weighted by molar-refractivity contribution is -0.123. The molecule has 40 heavy (non-hydrogen) atoms. The number of methoxy groups -OCH3 is 2. The van der Waals surface area contributed by atoms with E-state index < -0.39 is 23.8 Å². The van der Waals surface area contributed by atoms with Crippen LogP contribution in [0.5, 0.6) is 11.5 Å². The van der Waals surface area contributed by atoms with Crippen LogP contribution in [0.25, 0.3) is 0 Å². The van der Waals surface area contributed by atoms with Gasteiger partial charge in [-0.1, -0.05) is 12.1 Å². The lowest BCUT2D eigenvalue weighted by Crippen LogP contribution is -2.45. The number of carbonyl (C=O) groups is 3. The number of nitrogens with two attached hydrogens (primary N) is 2. The number of nitrogens with one attached hydrogen (secondary N) is 1. The minimum Gasteiger partial charge on any atom is -0.493 e. The highest BCUT2D eigenvalue weighted by Crippen LogP contribution is 2.37. The van der Waals surface area contributed by atoms with Gasteiger partial charge in [0.15, 0.2) is 17.2 Å². The Hall–Kier alpha value is -4.16. The summed E-state index contributed by atoms with van der Waals surface area (Å²) in [6, 6.07) is 9.44. The van der Waals surface area contributed by atoms with Crippen molar-refractivity contribution in [3.05, 3.63) is 63.7 Å². The average molecular weight is 568 g/mol. The van der Waals surface area contributed by atoms with E-state index in [1.807, 2.05) is 19.9 Å². The number of benzene rings is 2. The molecular formula is C28H33N5O6S. The highest BCUT2D eigenvalue weighted by Gasteiger charge is 2.37. The standard InChI is InChI=1S/C28H33N5O6S/c1-15-10-16(2)12-18(11-15)33(28(36)25-22(29)23(26(30)34)32-40-25)24(27(35)31-14-19-6-5-9-39-19)17-7-8-20(37-3)21(13-17)38-4/h7-8,10-13,19,24H,5-6,9,14,29H2,1-4H3,(H2,30,34)(H,31,35)/t19-,24-/m1/s1. The van der Waals surface area contributed by atoms with Gasteiger partial charge in [-0.15, -0.1) is 0 Å². The Morgan fingerprint density at radius 3 is 2.40 bits per heavy atom. The van der Waals surface area contributed by atoms with E-state index >= 15 is 0 Å². The lowest BCUT2D eigenvalue weighted by atomic mass is 10.0. The summed E-state index contributed by atoms with van der Waals surface area (Å²) in [6.45, 7) is 4.72. The van der Waals surface area contributed by atoms with Gasteiger partial charge in [0.1, 0.15) is 10.9 Å². The summed E-state index contributed by atoms with van der Waals surface area (Å²) < 4.78 is 20.6. The second-order valence-corrected chi connectivity index (χ2v) is 10.3. The lowest BCUT2D eigenvalue weighted by Gasteiger charge is -2.32. The fourth-order valence-corrected chi connectivity index (χ4v) is 5.51. The van der Waals surface area contributed by atoms with E-state index in [9.17, 15) is 14.4 Å². The molecule has 1 saturated heterocycles. The van der Waals surface area contributed by atoms with Crippen LogP contribution >= 0.6 is 11.5 Å². The molecule has 0 spiro atoms. The molecule has 0 unspecified atom stereocenters. The third-order valence-electron chi connectivity index (χ3n) is 6.62. The molecule has 0 radical (unpaired) electrons. The highest BCUT2D eigenvalue weighted by molar-refractivity contribution is 7.09. The maximum Gasteiger partial charge on any atom is 0.273 e. The van der Waals surface area contributed by atoms with Crippen LogP contribution in [-0.4, -0.2) is 55.6 Å². The highest BCUT2D eigenvalue weighted by atomic mass is 32.1. The molecule has 2 aromatic carbocycles. The van der Waals surface area contributed by atoms with E-state index in [0.29, 0.717) is 29.4 Å². The molecular weight excluding hydrogens is 534 g/mol. The van der Waals surface area contributed by atoms with E-state index in [0.717, 1.165) is 35.5 Å². The molecule has 3 aromatic rings. The van der Waals surface area contributed by atoms with E-state index in [2.05, 4.69) is 9.69 Å². The third kappa shape index (κ3) is 6.02. The van der Waals surface area contributed by atoms with Crippen LogP contribution in [0.4, 0.5) is 11.4 Å². The van der Waals surface area contributed by atoms with Crippen molar-refractivity contribution < 1.29 is 28.6 Å². The molecule has 3 amide bonds. The molecule has 2 heterocycles. The summed E-state index contributed by atoms with van der Waals surface area (Å²) in [5, 5.41) is 2.97. The van der Waals surface area contributed by atoms with Gasteiger partial charge in [-0.25, -0.2) is 0 Å². The molecule has 12 heteroatoms. The smallest absolute Gasteiger partial charge is 0.273 e. The van der Waals surface area contributed by atoms with Crippen LogP contribution in [0.15, 0.2) is 36.4 Å². The number of anilines is 2. The van der Waals surface area contributed by atoms with Crippen LogP contribution in [0.2, 0.25) is 0 Å². The normalized spacial score (nSPS) is 15.3. The number of hydrogen-bond acceptors (Lipinski definition) is 9. The minimum absolute atomic E-state index is 0.00892. The fourth-order valence-electron chi connectivity index (χ4n) is 4.77. The second kappa shape index (κ2) is 12.3. The molecule has 1 aliphatic rings. The Kier molecular flexibility index (Phi) is 8.90. The SMILES string of the molecule is COc1ccc([C@H](C(=O)NC[C@H]2CCCO2)N(C(=O)c2snc(C(N)=O)c2N)c2cc(C)cc(C)c2)cc1OC. The van der Waals surface area contributed by atoms with Crippen molar-refractivity contribution in [2.24, 2.45) is 5.73 Å². The Bertz CT molecular complexity index is 1400. The zero-order chi connectivity index (χ0) is 29.0. The summed E-state index contributed by atoms with van der Waals surface area (Å²) >= 11 is 0.752. The summed E-state index contributed by atoms with van der Waals surface area (Å²) in [4.78, 5) is 41.5. The number of primary amides is 1. The minimum atomic E-state index is -1.16. The van der Waals surface area contributed by atoms with Gasteiger partial charge < -0.3 is 31.0 Å². The maximum absolute atomic E-state index is 14.3. The Labute approximate surface area is 236 Å². The van der Waals surface area contributed by atoms with Crippen molar-refractivity contribution in [1.82, 2.24) is 9.69 Å². The molecule has 1 fully saturated rings. The number of ether oxygens (including phenoxy) is 3. The van der Waals surface area contributed by atoms with Crippen LogP contribution in [0, 0.1) is 13.8 Å². The van der Waals surface area contributed by atoms with E-state index in [4.69, 9.17) is 25.7 Å². The predicted octanol–water partition coefficient (Wildman–Crippen LogP) is 3.14. The zero-order valence-corrected chi connectivity index (χ0v) is 23.7. The van der Waals surface area contributed by atoms with Crippen molar-refractivity contribution >= 4 is 40.6 Å². The average Bonchev–Trinajstić information content (AvgIpc) is 3.58. The van der Waals surface area contributed by atoms with Gasteiger partial charge in [0, 0.05) is 18.8 Å². The van der Waals surface area contributed by atoms with Gasteiger partial charge in [0.05, 0.1) is 26.0 Å². The Morgan fingerprint density at radius 1 is 1.12 bits per heavy atom. The fraction of sp³-hybridized carbons (Fsp3) is 0.357. The van der Waals surface area contributed by atoms with Crippen molar-refractivity contribution in [3.63, 3.8) is 0 Å². The topological polar surface area (TPSA) is 159 Å². The van der Waals surface area contributed by atoms with Gasteiger partial charge in [0.2, 0.25) is 5.91 Å². The number of carbonyl (C=O) groups excluding carboxylic acids is 3. The number of nitrogen functional groups attached to an aromatic ring is 1. The first-order valence-corrected chi connectivity index (χ1v) is 13.5. The first-order valence-electron chi connectivity index (χ1n) is 12.7. The van der Waals surface area contributed by atoms with Gasteiger partial charge in [-0.05, 0) is 79.2 Å². The zero-order valence-electron chi connectivity index (χ0n) is 22.9. The molecule has 1 aliphatic heterocycles. The first kappa shape index (κ1) is 28.8. The van der Waals surface area contributed by atoms with Gasteiger partial charge in [-0.2, -0.15) is 4.37 Å². The monoisotopic (exact) mass is 567 g/mol. The Morgan fingerprint density at radius 2 is 1.82 bits per heavy atom. The molecule has 1 aromatic heterocycles. The van der Waals surface area contributed by atoms with Crippen molar-refractivity contribution in [2.75, 3.05) is 38.0 Å². The van der Waals surface area contributed by atoms with Crippen molar-refractivity contribution in [3.8, 4) is 11.5 Å². The van der Waals surface area contributed by atoms with Crippen LogP contribution < -0.4 is 31.2 Å². The van der Waals surface area contributed by atoms with E-state index in [1.165, 1.54) is 19.1 Å². The molecule has 4 rings (SSSR count). The largest absolute Gasteiger partial charge is 0.493 e.